The topological polar surface area (TPSA) is 90.9 Å². The molecule has 9 heteroatoms. The highest BCUT2D eigenvalue weighted by Crippen LogP contribution is 2.29. The lowest BCUT2D eigenvalue weighted by Crippen LogP contribution is -2.37. The molecule has 0 atom stereocenters. The smallest absolute Gasteiger partial charge is 0.325 e. The fraction of sp³-hybridized carbons (Fsp3) is 0.217. The first-order chi connectivity index (χ1) is 15.2. The summed E-state index contributed by atoms with van der Waals surface area (Å²) < 4.78 is 3.75. The van der Waals surface area contributed by atoms with Gasteiger partial charge in [0.2, 0.25) is 5.91 Å². The molecule has 0 saturated heterocycles. The third-order valence-electron chi connectivity index (χ3n) is 5.38. The van der Waals surface area contributed by atoms with E-state index in [0.29, 0.717) is 5.69 Å². The maximum absolute atomic E-state index is 12.6. The van der Waals surface area contributed by atoms with Crippen molar-refractivity contribution in [3.05, 3.63) is 80.8 Å². The second-order valence-electron chi connectivity index (χ2n) is 7.67. The number of hydrogen-bond donors (Lipinski definition) is 1. The molecule has 0 radical (unpaired) electrons. The van der Waals surface area contributed by atoms with E-state index in [0.717, 1.165) is 14.4 Å². The van der Waals surface area contributed by atoms with Gasteiger partial charge in [-0.1, -0.05) is 17.8 Å². The molecule has 2 heterocycles. The van der Waals surface area contributed by atoms with E-state index in [1.54, 1.807) is 18.8 Å². The molecule has 4 aromatic rings. The summed E-state index contributed by atoms with van der Waals surface area (Å²) in [7, 11) is 2.94. The molecule has 1 N–H and O–H groups in total. The number of hydrogen-bond acceptors (Lipinski definition) is 5. The fourth-order valence-electron chi connectivity index (χ4n) is 3.39. The van der Waals surface area contributed by atoms with Gasteiger partial charge in [0, 0.05) is 29.6 Å². The zero-order valence-electron chi connectivity index (χ0n) is 18.2. The lowest BCUT2D eigenvalue weighted by molar-refractivity contribution is -0.116. The van der Waals surface area contributed by atoms with Gasteiger partial charge in [-0.25, -0.2) is 9.78 Å². The molecule has 0 spiro atoms. The molecule has 0 aliphatic heterocycles. The Hall–Kier alpha value is -3.59. The summed E-state index contributed by atoms with van der Waals surface area (Å²) >= 11 is 1.66. The summed E-state index contributed by atoms with van der Waals surface area (Å²) in [5.41, 5.74) is 2.68. The normalized spacial score (nSPS) is 11.1. The minimum Gasteiger partial charge on any atom is -0.325 e. The van der Waals surface area contributed by atoms with Crippen LogP contribution in [0.25, 0.3) is 11.2 Å². The van der Waals surface area contributed by atoms with Crippen molar-refractivity contribution < 1.29 is 4.79 Å². The van der Waals surface area contributed by atoms with Gasteiger partial charge in [-0.2, -0.15) is 0 Å². The number of anilines is 1. The van der Waals surface area contributed by atoms with Gasteiger partial charge in [0.25, 0.3) is 5.56 Å². The predicted molar refractivity (Wildman–Crippen MR) is 125 cm³/mol. The molecule has 32 heavy (non-hydrogen) atoms. The van der Waals surface area contributed by atoms with Crippen LogP contribution in [0.4, 0.5) is 5.69 Å². The fourth-order valence-corrected chi connectivity index (χ4v) is 4.31. The van der Waals surface area contributed by atoms with Gasteiger partial charge in [-0.05, 0) is 61.4 Å². The van der Waals surface area contributed by atoms with E-state index in [9.17, 15) is 14.4 Å². The van der Waals surface area contributed by atoms with Crippen LogP contribution in [0.3, 0.4) is 0 Å². The van der Waals surface area contributed by atoms with Crippen LogP contribution in [0.1, 0.15) is 11.1 Å². The first-order valence-electron chi connectivity index (χ1n) is 10.0. The standard InChI is InChI=1S/C23H23N5O3S/c1-14-5-8-18(11-15(14)2)32-17-9-6-16(7-10-17)25-19(29)12-28-13-24-21-20(28)22(30)27(4)23(31)26(21)3/h5-11,13H,12H2,1-4H3,(H,25,29). The summed E-state index contributed by atoms with van der Waals surface area (Å²) in [6.45, 7) is 4.09. The van der Waals surface area contributed by atoms with Crippen LogP contribution in [-0.2, 0) is 25.4 Å². The van der Waals surface area contributed by atoms with Gasteiger partial charge in [-0.3, -0.25) is 18.7 Å². The number of carbonyl (C=O) groups excluding carboxylic acids is 1. The van der Waals surface area contributed by atoms with Crippen LogP contribution in [-0.4, -0.2) is 24.6 Å². The molecule has 1 amide bonds. The maximum atomic E-state index is 12.6. The molecule has 0 unspecified atom stereocenters. The number of benzene rings is 2. The van der Waals surface area contributed by atoms with Crippen molar-refractivity contribution in [2.24, 2.45) is 14.1 Å². The lowest BCUT2D eigenvalue weighted by Gasteiger charge is -2.09. The van der Waals surface area contributed by atoms with Gasteiger partial charge in [-0.15, -0.1) is 0 Å². The molecule has 4 rings (SSSR count). The SMILES string of the molecule is Cc1ccc(Sc2ccc(NC(=O)Cn3cnc4c3c(=O)n(C)c(=O)n4C)cc2)cc1C. The third-order valence-corrected chi connectivity index (χ3v) is 6.38. The van der Waals surface area contributed by atoms with Crippen molar-refractivity contribution in [1.82, 2.24) is 18.7 Å². The minimum atomic E-state index is -0.485. The molecule has 0 saturated carbocycles. The van der Waals surface area contributed by atoms with Crippen molar-refractivity contribution in [1.29, 1.82) is 0 Å². The van der Waals surface area contributed by atoms with Gasteiger partial charge < -0.3 is 9.88 Å². The van der Waals surface area contributed by atoms with Gasteiger partial charge in [0.05, 0.1) is 6.33 Å². The van der Waals surface area contributed by atoms with Crippen molar-refractivity contribution in [3.8, 4) is 0 Å². The number of nitrogens with one attached hydrogen (secondary N) is 1. The van der Waals surface area contributed by atoms with Crippen LogP contribution < -0.4 is 16.6 Å². The Bertz CT molecular complexity index is 1450. The van der Waals surface area contributed by atoms with Crippen molar-refractivity contribution >= 4 is 34.5 Å². The maximum Gasteiger partial charge on any atom is 0.332 e. The Kier molecular flexibility index (Phi) is 5.75. The summed E-state index contributed by atoms with van der Waals surface area (Å²) in [6, 6.07) is 14.0. The van der Waals surface area contributed by atoms with Crippen LogP contribution >= 0.6 is 11.8 Å². The molecular weight excluding hydrogens is 426 g/mol. The molecule has 0 aliphatic rings. The Labute approximate surface area is 188 Å². The van der Waals surface area contributed by atoms with Gasteiger partial charge in [0.1, 0.15) is 6.54 Å². The molecule has 0 bridgehead atoms. The zero-order valence-corrected chi connectivity index (χ0v) is 19.1. The number of aromatic nitrogens is 4. The predicted octanol–water partition coefficient (Wildman–Crippen LogP) is 2.84. The third kappa shape index (κ3) is 4.11. The minimum absolute atomic E-state index is 0.0942. The van der Waals surface area contributed by atoms with E-state index in [1.807, 2.05) is 24.3 Å². The Balaban J connectivity index is 1.47. The number of fused-ring (bicyclic) bond motifs is 1. The Morgan fingerprint density at radius 3 is 2.34 bits per heavy atom. The van der Waals surface area contributed by atoms with E-state index in [4.69, 9.17) is 0 Å². The second kappa shape index (κ2) is 8.51. The highest BCUT2D eigenvalue weighted by molar-refractivity contribution is 7.99. The lowest BCUT2D eigenvalue weighted by atomic mass is 10.1. The highest BCUT2D eigenvalue weighted by Gasteiger charge is 2.16. The van der Waals surface area contributed by atoms with Crippen LogP contribution in [0.5, 0.6) is 0 Å². The molecule has 0 fully saturated rings. The first kappa shape index (κ1) is 21.6. The van der Waals surface area contributed by atoms with Crippen molar-refractivity contribution in [2.45, 2.75) is 30.2 Å². The summed E-state index contributed by atoms with van der Waals surface area (Å²) in [6.07, 6.45) is 1.40. The number of carbonyl (C=O) groups is 1. The highest BCUT2D eigenvalue weighted by atomic mass is 32.2. The summed E-state index contributed by atoms with van der Waals surface area (Å²) in [5.74, 6) is -0.297. The molecule has 0 aliphatic carbocycles. The largest absolute Gasteiger partial charge is 0.332 e. The molecule has 2 aromatic carbocycles. The number of aryl methyl sites for hydroxylation is 3. The van der Waals surface area contributed by atoms with E-state index in [-0.39, 0.29) is 23.6 Å². The summed E-state index contributed by atoms with van der Waals surface area (Å²) in [4.78, 5) is 43.5. The Morgan fingerprint density at radius 2 is 1.66 bits per heavy atom. The average molecular weight is 450 g/mol. The van der Waals surface area contributed by atoms with Gasteiger partial charge >= 0.3 is 5.69 Å². The number of rotatable bonds is 5. The summed E-state index contributed by atoms with van der Waals surface area (Å²) in [5, 5.41) is 2.84. The number of nitrogens with zero attached hydrogens (tertiary/aromatic N) is 4. The molecule has 8 nitrogen and oxygen atoms in total. The molecule has 2 aromatic heterocycles. The second-order valence-corrected chi connectivity index (χ2v) is 8.82. The van der Waals surface area contributed by atoms with E-state index < -0.39 is 11.2 Å². The monoisotopic (exact) mass is 449 g/mol. The van der Waals surface area contributed by atoms with E-state index in [2.05, 4.69) is 42.3 Å². The van der Waals surface area contributed by atoms with E-state index in [1.165, 1.54) is 33.6 Å². The van der Waals surface area contributed by atoms with Crippen LogP contribution in [0, 0.1) is 13.8 Å². The average Bonchev–Trinajstić information content (AvgIpc) is 3.18. The zero-order chi connectivity index (χ0) is 23.0. The van der Waals surface area contributed by atoms with Crippen molar-refractivity contribution in [3.63, 3.8) is 0 Å². The number of imidazole rings is 1. The van der Waals surface area contributed by atoms with E-state index >= 15 is 0 Å². The van der Waals surface area contributed by atoms with Crippen LogP contribution in [0.2, 0.25) is 0 Å². The van der Waals surface area contributed by atoms with Crippen molar-refractivity contribution in [2.75, 3.05) is 5.32 Å². The first-order valence-corrected chi connectivity index (χ1v) is 10.8. The number of amides is 1. The Morgan fingerprint density at radius 1 is 0.969 bits per heavy atom. The molecule has 164 valence electrons. The quantitative estimate of drug-likeness (QED) is 0.506. The molecular formula is C23H23N5O3S. The van der Waals surface area contributed by atoms with Crippen LogP contribution in [0.15, 0.2) is 68.2 Å². The van der Waals surface area contributed by atoms with Gasteiger partial charge in [0.15, 0.2) is 11.2 Å².